The molecule has 0 fully saturated rings. The molecule has 1 N–H and O–H groups in total. The number of hydrogen-bond acceptors (Lipinski definition) is 3. The molecule has 0 spiro atoms. The third-order valence-electron chi connectivity index (χ3n) is 3.00. The Morgan fingerprint density at radius 2 is 2.12 bits per heavy atom. The van der Waals surface area contributed by atoms with Crippen LogP contribution in [0.4, 0.5) is 0 Å². The standard InChI is InChI=1S/C12H20N2O3/c1-9-6-13-14(7-9)12(4,10(15)16)8-11(2,3)17-5/h6-7H,8H2,1-5H3,(H,15,16). The highest BCUT2D eigenvalue weighted by Crippen LogP contribution is 2.29. The topological polar surface area (TPSA) is 64.3 Å². The lowest BCUT2D eigenvalue weighted by Crippen LogP contribution is -2.45. The van der Waals surface area contributed by atoms with E-state index < -0.39 is 17.1 Å². The first kappa shape index (κ1) is 13.7. The van der Waals surface area contributed by atoms with E-state index in [1.165, 1.54) is 4.68 Å². The number of hydrogen-bond donors (Lipinski definition) is 1. The molecule has 0 aliphatic heterocycles. The molecular formula is C12H20N2O3. The summed E-state index contributed by atoms with van der Waals surface area (Å²) in [5, 5.41) is 13.5. The number of carboxylic acids is 1. The van der Waals surface area contributed by atoms with Crippen molar-refractivity contribution in [2.75, 3.05) is 7.11 Å². The fourth-order valence-corrected chi connectivity index (χ4v) is 1.84. The zero-order valence-electron chi connectivity index (χ0n) is 11.0. The molecule has 0 bridgehead atoms. The van der Waals surface area contributed by atoms with Crippen molar-refractivity contribution in [2.24, 2.45) is 0 Å². The van der Waals surface area contributed by atoms with Gasteiger partial charge in [0.25, 0.3) is 0 Å². The molecule has 17 heavy (non-hydrogen) atoms. The maximum Gasteiger partial charge on any atom is 0.331 e. The van der Waals surface area contributed by atoms with E-state index in [1.54, 1.807) is 26.4 Å². The molecule has 1 rings (SSSR count). The van der Waals surface area contributed by atoms with Crippen LogP contribution in [0.15, 0.2) is 12.4 Å². The van der Waals surface area contributed by atoms with Crippen molar-refractivity contribution in [2.45, 2.75) is 45.3 Å². The Morgan fingerprint density at radius 3 is 2.47 bits per heavy atom. The van der Waals surface area contributed by atoms with Crippen LogP contribution in [0.3, 0.4) is 0 Å². The van der Waals surface area contributed by atoms with Crippen LogP contribution in [0.25, 0.3) is 0 Å². The van der Waals surface area contributed by atoms with Gasteiger partial charge in [0.05, 0.1) is 11.8 Å². The van der Waals surface area contributed by atoms with Crippen LogP contribution in [0.2, 0.25) is 0 Å². The Hall–Kier alpha value is -1.36. The van der Waals surface area contributed by atoms with Crippen molar-refractivity contribution >= 4 is 5.97 Å². The number of aliphatic carboxylic acids is 1. The molecule has 0 saturated heterocycles. The van der Waals surface area contributed by atoms with Gasteiger partial charge in [-0.1, -0.05) is 0 Å². The normalized spacial score (nSPS) is 15.6. The van der Waals surface area contributed by atoms with Crippen molar-refractivity contribution in [3.8, 4) is 0 Å². The second kappa shape index (κ2) is 4.49. The number of nitrogens with zero attached hydrogens (tertiary/aromatic N) is 2. The molecule has 96 valence electrons. The summed E-state index contributed by atoms with van der Waals surface area (Å²) in [4.78, 5) is 11.5. The van der Waals surface area contributed by atoms with Crippen molar-refractivity contribution < 1.29 is 14.6 Å². The summed E-state index contributed by atoms with van der Waals surface area (Å²) < 4.78 is 6.80. The van der Waals surface area contributed by atoms with Crippen molar-refractivity contribution in [3.05, 3.63) is 18.0 Å². The third-order valence-corrected chi connectivity index (χ3v) is 3.00. The molecule has 0 amide bonds. The lowest BCUT2D eigenvalue weighted by molar-refractivity contribution is -0.151. The van der Waals surface area contributed by atoms with Gasteiger partial charge in [-0.05, 0) is 33.3 Å². The number of ether oxygens (including phenoxy) is 1. The lowest BCUT2D eigenvalue weighted by Gasteiger charge is -2.33. The number of aryl methyl sites for hydroxylation is 1. The van der Waals surface area contributed by atoms with Crippen molar-refractivity contribution in [3.63, 3.8) is 0 Å². The first-order valence-corrected chi connectivity index (χ1v) is 5.51. The number of carbonyl (C=O) groups is 1. The Kier molecular flexibility index (Phi) is 3.62. The maximum absolute atomic E-state index is 11.5. The minimum absolute atomic E-state index is 0.340. The summed E-state index contributed by atoms with van der Waals surface area (Å²) in [5.41, 5.74) is -0.687. The van der Waals surface area contributed by atoms with Crippen LogP contribution in [-0.4, -0.2) is 33.6 Å². The molecule has 5 nitrogen and oxygen atoms in total. The number of methoxy groups -OCH3 is 1. The van der Waals surface area contributed by atoms with E-state index >= 15 is 0 Å². The molecule has 0 saturated carbocycles. The van der Waals surface area contributed by atoms with Gasteiger partial charge in [-0.3, -0.25) is 4.68 Å². The quantitative estimate of drug-likeness (QED) is 0.852. The summed E-state index contributed by atoms with van der Waals surface area (Å²) in [5.74, 6) is -0.911. The molecular weight excluding hydrogens is 220 g/mol. The highest BCUT2D eigenvalue weighted by molar-refractivity contribution is 5.76. The number of rotatable bonds is 5. The van der Waals surface area contributed by atoms with E-state index in [0.29, 0.717) is 6.42 Å². The van der Waals surface area contributed by atoms with Gasteiger partial charge in [0, 0.05) is 19.7 Å². The highest BCUT2D eigenvalue weighted by Gasteiger charge is 2.41. The van der Waals surface area contributed by atoms with Gasteiger partial charge in [-0.2, -0.15) is 5.10 Å². The fraction of sp³-hybridized carbons (Fsp3) is 0.667. The predicted octanol–water partition coefficient (Wildman–Crippen LogP) is 1.81. The SMILES string of the molecule is COC(C)(C)CC(C)(C(=O)O)n1cc(C)cn1. The zero-order chi connectivity index (χ0) is 13.3. The fourth-order valence-electron chi connectivity index (χ4n) is 1.84. The summed E-state index contributed by atoms with van der Waals surface area (Å²) >= 11 is 0. The third kappa shape index (κ3) is 2.85. The van der Waals surface area contributed by atoms with Gasteiger partial charge in [0.1, 0.15) is 0 Å². The van der Waals surface area contributed by atoms with Gasteiger partial charge < -0.3 is 9.84 Å². The first-order valence-electron chi connectivity index (χ1n) is 5.51. The van der Waals surface area contributed by atoms with Crippen LogP contribution in [0.1, 0.15) is 32.8 Å². The molecule has 0 aromatic carbocycles. The molecule has 1 heterocycles. The van der Waals surface area contributed by atoms with Gasteiger partial charge in [0.2, 0.25) is 0 Å². The molecule has 5 heteroatoms. The van der Waals surface area contributed by atoms with Crippen molar-refractivity contribution in [1.82, 2.24) is 9.78 Å². The number of aromatic nitrogens is 2. The Bertz CT molecular complexity index is 412. The summed E-state index contributed by atoms with van der Waals surface area (Å²) in [7, 11) is 1.58. The number of carboxylic acid groups (broad SMARTS) is 1. The van der Waals surface area contributed by atoms with Crippen molar-refractivity contribution in [1.29, 1.82) is 0 Å². The lowest BCUT2D eigenvalue weighted by atomic mass is 9.88. The van der Waals surface area contributed by atoms with Crippen LogP contribution in [0.5, 0.6) is 0 Å². The van der Waals surface area contributed by atoms with Gasteiger partial charge in [0.15, 0.2) is 5.54 Å². The van der Waals surface area contributed by atoms with Gasteiger partial charge in [-0.15, -0.1) is 0 Å². The predicted molar refractivity (Wildman–Crippen MR) is 64.0 cm³/mol. The minimum atomic E-state index is -1.10. The second-order valence-corrected chi connectivity index (χ2v) is 5.18. The second-order valence-electron chi connectivity index (χ2n) is 5.18. The average molecular weight is 240 g/mol. The molecule has 0 aliphatic rings. The molecule has 1 aromatic rings. The Labute approximate surface area is 101 Å². The van der Waals surface area contributed by atoms with E-state index in [4.69, 9.17) is 4.74 Å². The van der Waals surface area contributed by atoms with Gasteiger partial charge in [-0.25, -0.2) is 4.79 Å². The molecule has 0 radical (unpaired) electrons. The molecule has 1 atom stereocenters. The first-order chi connectivity index (χ1) is 7.71. The van der Waals surface area contributed by atoms with Crippen LogP contribution in [-0.2, 0) is 15.1 Å². The van der Waals surface area contributed by atoms with E-state index in [-0.39, 0.29) is 0 Å². The van der Waals surface area contributed by atoms with E-state index in [1.807, 2.05) is 20.8 Å². The molecule has 1 aromatic heterocycles. The summed E-state index contributed by atoms with van der Waals surface area (Å²) in [6.07, 6.45) is 3.73. The van der Waals surface area contributed by atoms with Crippen LogP contribution < -0.4 is 0 Å². The maximum atomic E-state index is 11.5. The monoisotopic (exact) mass is 240 g/mol. The van der Waals surface area contributed by atoms with Crippen LogP contribution in [0, 0.1) is 6.92 Å². The molecule has 1 unspecified atom stereocenters. The highest BCUT2D eigenvalue weighted by atomic mass is 16.5. The summed E-state index contributed by atoms with van der Waals surface area (Å²) in [6.45, 7) is 7.27. The smallest absolute Gasteiger partial charge is 0.331 e. The van der Waals surface area contributed by atoms with E-state index in [9.17, 15) is 9.90 Å². The van der Waals surface area contributed by atoms with Crippen LogP contribution >= 0.6 is 0 Å². The zero-order valence-corrected chi connectivity index (χ0v) is 11.0. The molecule has 0 aliphatic carbocycles. The summed E-state index contributed by atoms with van der Waals surface area (Å²) in [6, 6.07) is 0. The van der Waals surface area contributed by atoms with E-state index in [0.717, 1.165) is 5.56 Å². The Morgan fingerprint density at radius 1 is 1.53 bits per heavy atom. The Balaban J connectivity index is 3.11. The van der Waals surface area contributed by atoms with Gasteiger partial charge >= 0.3 is 5.97 Å². The van der Waals surface area contributed by atoms with E-state index in [2.05, 4.69) is 5.10 Å². The minimum Gasteiger partial charge on any atom is -0.479 e. The largest absolute Gasteiger partial charge is 0.479 e. The average Bonchev–Trinajstić information content (AvgIpc) is 2.64.